The van der Waals surface area contributed by atoms with Gasteiger partial charge in [0.15, 0.2) is 0 Å². The molecule has 2 rings (SSSR count). The third-order valence-electron chi connectivity index (χ3n) is 2.91. The summed E-state index contributed by atoms with van der Waals surface area (Å²) in [5.41, 5.74) is 5.16. The number of nitrogens with zero attached hydrogens (tertiary/aromatic N) is 1. The van der Waals surface area contributed by atoms with Crippen molar-refractivity contribution in [2.24, 2.45) is 0 Å². The van der Waals surface area contributed by atoms with Crippen molar-refractivity contribution in [2.45, 2.75) is 6.92 Å². The molecule has 0 fully saturated rings. The van der Waals surface area contributed by atoms with E-state index in [2.05, 4.69) is 74.5 Å². The van der Waals surface area contributed by atoms with Gasteiger partial charge in [-0.1, -0.05) is 36.4 Å². The molecule has 1 aromatic rings. The van der Waals surface area contributed by atoms with Crippen molar-refractivity contribution in [2.75, 3.05) is 19.0 Å². The molecule has 0 spiro atoms. The molecule has 1 nitrogen and oxygen atoms in total. The first kappa shape index (κ1) is 10.7. The number of benzene rings is 1. The van der Waals surface area contributed by atoms with Crippen LogP contribution in [0.3, 0.4) is 0 Å². The molecule has 1 heteroatoms. The van der Waals surface area contributed by atoms with Gasteiger partial charge in [-0.25, -0.2) is 0 Å². The van der Waals surface area contributed by atoms with Crippen LogP contribution in [0.4, 0.5) is 5.69 Å². The van der Waals surface area contributed by atoms with Crippen LogP contribution in [-0.4, -0.2) is 14.1 Å². The number of hydrogen-bond donors (Lipinski definition) is 0. The Labute approximate surface area is 97.4 Å². The zero-order valence-corrected chi connectivity index (χ0v) is 10.1. The van der Waals surface area contributed by atoms with Crippen LogP contribution in [0.5, 0.6) is 0 Å². The summed E-state index contributed by atoms with van der Waals surface area (Å²) in [6.07, 6.45) is 8.45. The highest BCUT2D eigenvalue weighted by Crippen LogP contribution is 2.24. The van der Waals surface area contributed by atoms with E-state index in [9.17, 15) is 0 Å². The molecular weight excluding hydrogens is 194 g/mol. The Morgan fingerprint density at radius 2 is 1.50 bits per heavy atom. The minimum Gasteiger partial charge on any atom is -0.378 e. The van der Waals surface area contributed by atoms with E-state index in [0.29, 0.717) is 0 Å². The second-order valence-corrected chi connectivity index (χ2v) is 4.24. The lowest BCUT2D eigenvalue weighted by Crippen LogP contribution is -2.08. The molecule has 0 amide bonds. The normalized spacial score (nSPS) is 13.3. The molecule has 82 valence electrons. The first-order valence-corrected chi connectivity index (χ1v) is 5.52. The molecule has 16 heavy (non-hydrogen) atoms. The quantitative estimate of drug-likeness (QED) is 0.721. The van der Waals surface area contributed by atoms with E-state index in [0.717, 1.165) is 0 Å². The third-order valence-corrected chi connectivity index (χ3v) is 2.91. The molecule has 1 aliphatic rings. The van der Waals surface area contributed by atoms with Crippen LogP contribution in [0.15, 0.2) is 54.1 Å². The Hall–Kier alpha value is -1.76. The number of allylic oxidation sites excluding steroid dienone is 6. The van der Waals surface area contributed by atoms with Crippen molar-refractivity contribution in [3.63, 3.8) is 0 Å². The first-order chi connectivity index (χ1) is 7.68. The van der Waals surface area contributed by atoms with E-state index < -0.39 is 0 Å². The molecule has 0 saturated carbocycles. The van der Waals surface area contributed by atoms with Gasteiger partial charge in [0, 0.05) is 19.8 Å². The van der Waals surface area contributed by atoms with Gasteiger partial charge in [-0.3, -0.25) is 0 Å². The van der Waals surface area contributed by atoms with E-state index >= 15 is 0 Å². The number of anilines is 1. The predicted octanol–water partition coefficient (Wildman–Crippen LogP) is 3.65. The highest BCUT2D eigenvalue weighted by molar-refractivity contribution is 5.74. The van der Waals surface area contributed by atoms with Gasteiger partial charge in [0.2, 0.25) is 0 Å². The van der Waals surface area contributed by atoms with E-state index in [-0.39, 0.29) is 0 Å². The smallest absolute Gasteiger partial charge is 0.0361 e. The van der Waals surface area contributed by atoms with Crippen LogP contribution < -0.4 is 4.90 Å². The average Bonchev–Trinajstić information content (AvgIpc) is 2.81. The summed E-state index contributed by atoms with van der Waals surface area (Å²) < 4.78 is 0. The molecule has 0 heterocycles. The highest BCUT2D eigenvalue weighted by Gasteiger charge is 2.02. The topological polar surface area (TPSA) is 3.24 Å². The molecule has 0 aliphatic heterocycles. The van der Waals surface area contributed by atoms with Crippen molar-refractivity contribution < 1.29 is 0 Å². The first-order valence-electron chi connectivity index (χ1n) is 5.52. The Morgan fingerprint density at radius 1 is 0.938 bits per heavy atom. The highest BCUT2D eigenvalue weighted by atomic mass is 15.1. The fourth-order valence-corrected chi connectivity index (χ4v) is 1.80. The average molecular weight is 211 g/mol. The van der Waals surface area contributed by atoms with Crippen LogP contribution in [0.1, 0.15) is 12.5 Å². The second kappa shape index (κ2) is 4.40. The standard InChI is InChI=1S/C15H17N/c1-12(13-6-4-5-7-13)14-8-10-15(11-9-14)16(2)3/h4-11H,1-3H3. The Balaban J connectivity index is 2.32. The second-order valence-electron chi connectivity index (χ2n) is 4.24. The molecule has 0 bridgehead atoms. The van der Waals surface area contributed by atoms with E-state index in [1.54, 1.807) is 0 Å². The van der Waals surface area contributed by atoms with Crippen molar-refractivity contribution in [1.82, 2.24) is 0 Å². The van der Waals surface area contributed by atoms with Crippen LogP contribution >= 0.6 is 0 Å². The summed E-state index contributed by atoms with van der Waals surface area (Å²) in [5, 5.41) is 0. The molecule has 1 aliphatic carbocycles. The van der Waals surface area contributed by atoms with Crippen molar-refractivity contribution in [1.29, 1.82) is 0 Å². The molecule has 0 radical (unpaired) electrons. The SMILES string of the molecule is CC(=C1C=CC=C1)c1ccc(N(C)C)cc1. The van der Waals surface area contributed by atoms with Crippen molar-refractivity contribution >= 4 is 11.3 Å². The number of rotatable bonds is 2. The summed E-state index contributed by atoms with van der Waals surface area (Å²) in [6.45, 7) is 2.17. The van der Waals surface area contributed by atoms with Crippen LogP contribution in [-0.2, 0) is 0 Å². The lowest BCUT2D eigenvalue weighted by molar-refractivity contribution is 1.13. The van der Waals surface area contributed by atoms with Gasteiger partial charge in [0.1, 0.15) is 0 Å². The molecule has 0 saturated heterocycles. The van der Waals surface area contributed by atoms with Crippen LogP contribution in [0.25, 0.3) is 5.57 Å². The Bertz CT molecular complexity index is 445. The number of hydrogen-bond acceptors (Lipinski definition) is 1. The van der Waals surface area contributed by atoms with Crippen molar-refractivity contribution in [3.8, 4) is 0 Å². The van der Waals surface area contributed by atoms with Crippen LogP contribution in [0, 0.1) is 0 Å². The summed E-state index contributed by atoms with van der Waals surface area (Å²) in [6, 6.07) is 8.67. The van der Waals surface area contributed by atoms with E-state index in [1.807, 2.05) is 0 Å². The maximum Gasteiger partial charge on any atom is 0.0361 e. The molecule has 1 aromatic carbocycles. The zero-order valence-electron chi connectivity index (χ0n) is 10.1. The maximum atomic E-state index is 2.18. The van der Waals surface area contributed by atoms with E-state index in [4.69, 9.17) is 0 Å². The Kier molecular flexibility index (Phi) is 2.95. The van der Waals surface area contributed by atoms with Crippen LogP contribution in [0.2, 0.25) is 0 Å². The molecular formula is C15H17N. The van der Waals surface area contributed by atoms with Gasteiger partial charge in [0.05, 0.1) is 0 Å². The molecule has 0 atom stereocenters. The fraction of sp³-hybridized carbons (Fsp3) is 0.200. The van der Waals surface area contributed by atoms with Gasteiger partial charge >= 0.3 is 0 Å². The summed E-state index contributed by atoms with van der Waals surface area (Å²) in [5.74, 6) is 0. The Morgan fingerprint density at radius 3 is 2.00 bits per heavy atom. The predicted molar refractivity (Wildman–Crippen MR) is 71.6 cm³/mol. The zero-order chi connectivity index (χ0) is 11.5. The van der Waals surface area contributed by atoms with Gasteiger partial charge in [0.25, 0.3) is 0 Å². The monoisotopic (exact) mass is 211 g/mol. The fourth-order valence-electron chi connectivity index (χ4n) is 1.80. The lowest BCUT2D eigenvalue weighted by atomic mass is 10.0. The van der Waals surface area contributed by atoms with Gasteiger partial charge in [-0.2, -0.15) is 0 Å². The summed E-state index contributed by atoms with van der Waals surface area (Å²) >= 11 is 0. The van der Waals surface area contributed by atoms with Gasteiger partial charge < -0.3 is 4.90 Å². The van der Waals surface area contributed by atoms with Gasteiger partial charge in [-0.05, 0) is 35.8 Å². The summed E-state index contributed by atoms with van der Waals surface area (Å²) in [4.78, 5) is 2.11. The van der Waals surface area contributed by atoms with E-state index in [1.165, 1.54) is 22.4 Å². The van der Waals surface area contributed by atoms with Gasteiger partial charge in [-0.15, -0.1) is 0 Å². The largest absolute Gasteiger partial charge is 0.378 e. The molecule has 0 N–H and O–H groups in total. The maximum absolute atomic E-state index is 2.18. The van der Waals surface area contributed by atoms with Crippen molar-refractivity contribution in [3.05, 3.63) is 59.7 Å². The third kappa shape index (κ3) is 2.08. The lowest BCUT2D eigenvalue weighted by Gasteiger charge is -2.13. The minimum absolute atomic E-state index is 1.24. The summed E-state index contributed by atoms with van der Waals surface area (Å²) in [7, 11) is 4.12. The minimum atomic E-state index is 1.24. The molecule has 0 aromatic heterocycles. The molecule has 0 unspecified atom stereocenters.